The van der Waals surface area contributed by atoms with Gasteiger partial charge >= 0.3 is 0 Å². The average Bonchev–Trinajstić information content (AvgIpc) is 2.84. The number of thiocarbonyl (C=S) groups is 1. The van der Waals surface area contributed by atoms with Crippen LogP contribution in [-0.4, -0.2) is 22.4 Å². The summed E-state index contributed by atoms with van der Waals surface area (Å²) in [5, 5.41) is 10.5. The van der Waals surface area contributed by atoms with Crippen LogP contribution in [0.1, 0.15) is 5.56 Å². The van der Waals surface area contributed by atoms with Gasteiger partial charge in [-0.3, -0.25) is 9.69 Å². The average molecular weight is 412 g/mol. The zero-order valence-corrected chi connectivity index (χ0v) is 16.0. The SMILES string of the molecule is COc1cc(/C=C2\SC(=S)N(c3cccc(Cl)c3)C2=O)cc(Cl)c1O. The van der Waals surface area contributed by atoms with E-state index < -0.39 is 0 Å². The highest BCUT2D eigenvalue weighted by Crippen LogP contribution is 2.39. The predicted molar refractivity (Wildman–Crippen MR) is 107 cm³/mol. The van der Waals surface area contributed by atoms with Crippen LogP contribution in [-0.2, 0) is 4.79 Å². The normalized spacial score (nSPS) is 16.0. The van der Waals surface area contributed by atoms with Gasteiger partial charge in [-0.2, -0.15) is 0 Å². The standard InChI is InChI=1S/C17H11Cl2NO3S2/c1-23-13-6-9(5-12(19)15(13)21)7-14-16(22)20(17(24)25-14)11-4-2-3-10(18)8-11/h2-8,21H,1H3/b14-7-. The molecule has 0 bridgehead atoms. The molecule has 0 unspecified atom stereocenters. The number of ether oxygens (including phenoxy) is 1. The lowest BCUT2D eigenvalue weighted by Crippen LogP contribution is -2.27. The van der Waals surface area contributed by atoms with Gasteiger partial charge < -0.3 is 9.84 Å². The molecule has 1 fully saturated rings. The fourth-order valence-electron chi connectivity index (χ4n) is 2.29. The quantitative estimate of drug-likeness (QED) is 0.561. The predicted octanol–water partition coefficient (Wildman–Crippen LogP) is 5.11. The molecule has 0 atom stereocenters. The van der Waals surface area contributed by atoms with Crippen molar-refractivity contribution >= 4 is 69.2 Å². The molecule has 1 saturated heterocycles. The first-order valence-electron chi connectivity index (χ1n) is 7.00. The Kier molecular flexibility index (Phi) is 5.24. The van der Waals surface area contributed by atoms with E-state index in [1.165, 1.54) is 23.8 Å². The number of hydrogen-bond donors (Lipinski definition) is 1. The number of carbonyl (C=O) groups excluding carboxylic acids is 1. The number of methoxy groups -OCH3 is 1. The van der Waals surface area contributed by atoms with Gasteiger partial charge in [0.15, 0.2) is 15.8 Å². The molecule has 8 heteroatoms. The van der Waals surface area contributed by atoms with Crippen LogP contribution < -0.4 is 9.64 Å². The van der Waals surface area contributed by atoms with Crippen molar-refractivity contribution in [3.05, 3.63) is 56.9 Å². The van der Waals surface area contributed by atoms with E-state index in [0.717, 1.165) is 0 Å². The molecule has 3 rings (SSSR count). The van der Waals surface area contributed by atoms with E-state index in [-0.39, 0.29) is 22.4 Å². The van der Waals surface area contributed by atoms with E-state index >= 15 is 0 Å². The molecule has 0 radical (unpaired) electrons. The highest BCUT2D eigenvalue weighted by atomic mass is 35.5. The molecule has 2 aromatic rings. The molecule has 0 saturated carbocycles. The molecule has 1 heterocycles. The van der Waals surface area contributed by atoms with Gasteiger partial charge in [-0.15, -0.1) is 0 Å². The summed E-state index contributed by atoms with van der Waals surface area (Å²) in [5.41, 5.74) is 1.23. The number of thioether (sulfide) groups is 1. The van der Waals surface area contributed by atoms with E-state index in [9.17, 15) is 9.90 Å². The minimum Gasteiger partial charge on any atom is -0.503 e. The number of rotatable bonds is 3. The molecule has 1 aliphatic heterocycles. The van der Waals surface area contributed by atoms with E-state index in [0.29, 0.717) is 25.5 Å². The second kappa shape index (κ2) is 7.25. The minimum absolute atomic E-state index is 0.135. The van der Waals surface area contributed by atoms with Crippen LogP contribution >= 0.6 is 47.2 Å². The molecule has 2 aromatic carbocycles. The van der Waals surface area contributed by atoms with E-state index in [2.05, 4.69) is 0 Å². The fourth-order valence-corrected chi connectivity index (χ4v) is 3.99. The van der Waals surface area contributed by atoms with Gasteiger partial charge in [0, 0.05) is 5.02 Å². The Hall–Kier alpha value is -1.73. The van der Waals surface area contributed by atoms with Gasteiger partial charge in [-0.25, -0.2) is 0 Å². The summed E-state index contributed by atoms with van der Waals surface area (Å²) in [7, 11) is 1.42. The van der Waals surface area contributed by atoms with E-state index in [4.69, 9.17) is 40.2 Å². The lowest BCUT2D eigenvalue weighted by atomic mass is 10.1. The maximum Gasteiger partial charge on any atom is 0.270 e. The monoisotopic (exact) mass is 411 g/mol. The number of phenols is 1. The van der Waals surface area contributed by atoms with Crippen LogP contribution in [0.2, 0.25) is 10.0 Å². The van der Waals surface area contributed by atoms with Gasteiger partial charge in [0.25, 0.3) is 5.91 Å². The maximum atomic E-state index is 12.7. The van der Waals surface area contributed by atoms with Gasteiger partial charge in [-0.05, 0) is 42.0 Å². The van der Waals surface area contributed by atoms with Crippen LogP contribution in [0, 0.1) is 0 Å². The Morgan fingerprint density at radius 3 is 2.72 bits per heavy atom. The highest BCUT2D eigenvalue weighted by Gasteiger charge is 2.33. The largest absolute Gasteiger partial charge is 0.503 e. The van der Waals surface area contributed by atoms with Crippen molar-refractivity contribution in [3.8, 4) is 11.5 Å². The van der Waals surface area contributed by atoms with Crippen molar-refractivity contribution in [1.82, 2.24) is 0 Å². The number of aromatic hydroxyl groups is 1. The molecule has 1 aliphatic rings. The van der Waals surface area contributed by atoms with E-state index in [1.54, 1.807) is 42.5 Å². The van der Waals surface area contributed by atoms with Crippen LogP contribution in [0.15, 0.2) is 41.3 Å². The Bertz CT molecular complexity index is 915. The van der Waals surface area contributed by atoms with Gasteiger partial charge in [0.05, 0.1) is 22.7 Å². The first-order chi connectivity index (χ1) is 11.9. The summed E-state index contributed by atoms with van der Waals surface area (Å²) in [6, 6.07) is 10.1. The number of phenolic OH excluding ortho intramolecular Hbond substituents is 1. The molecular formula is C17H11Cl2NO3S2. The van der Waals surface area contributed by atoms with Crippen LogP contribution in [0.25, 0.3) is 6.08 Å². The molecule has 0 aromatic heterocycles. The molecule has 1 N–H and O–H groups in total. The maximum absolute atomic E-state index is 12.7. The van der Waals surface area contributed by atoms with Crippen LogP contribution in [0.4, 0.5) is 5.69 Å². The summed E-state index contributed by atoms with van der Waals surface area (Å²) in [6.45, 7) is 0. The van der Waals surface area contributed by atoms with Crippen LogP contribution in [0.3, 0.4) is 0 Å². The topological polar surface area (TPSA) is 49.8 Å². The first-order valence-corrected chi connectivity index (χ1v) is 8.99. The fraction of sp³-hybridized carbons (Fsp3) is 0.0588. The summed E-state index contributed by atoms with van der Waals surface area (Å²) >= 11 is 18.5. The van der Waals surface area contributed by atoms with Crippen molar-refractivity contribution < 1.29 is 14.6 Å². The summed E-state index contributed by atoms with van der Waals surface area (Å²) in [5.74, 6) is -0.169. The molecule has 128 valence electrons. The van der Waals surface area contributed by atoms with Crippen molar-refractivity contribution in [1.29, 1.82) is 0 Å². The lowest BCUT2D eigenvalue weighted by Gasteiger charge is -2.14. The molecular weight excluding hydrogens is 401 g/mol. The third-order valence-corrected chi connectivity index (χ3v) is 5.25. The van der Waals surface area contributed by atoms with Gasteiger partial charge in [-0.1, -0.05) is 53.2 Å². The molecule has 4 nitrogen and oxygen atoms in total. The Labute approximate surface area is 164 Å². The third-order valence-electron chi connectivity index (χ3n) is 3.43. The van der Waals surface area contributed by atoms with Crippen molar-refractivity contribution in [2.45, 2.75) is 0 Å². The van der Waals surface area contributed by atoms with Crippen molar-refractivity contribution in [2.24, 2.45) is 0 Å². The Morgan fingerprint density at radius 2 is 2.04 bits per heavy atom. The van der Waals surface area contributed by atoms with Crippen molar-refractivity contribution in [2.75, 3.05) is 12.0 Å². The second-order valence-corrected chi connectivity index (χ2v) is 7.57. The second-order valence-electron chi connectivity index (χ2n) is 5.05. The number of halogens is 2. The highest BCUT2D eigenvalue weighted by molar-refractivity contribution is 8.27. The first kappa shape index (κ1) is 18.1. The zero-order valence-electron chi connectivity index (χ0n) is 12.8. The molecule has 1 amide bonds. The van der Waals surface area contributed by atoms with Gasteiger partial charge in [0.1, 0.15) is 0 Å². The van der Waals surface area contributed by atoms with Crippen LogP contribution in [0.5, 0.6) is 11.5 Å². The number of carbonyl (C=O) groups is 1. The Balaban J connectivity index is 1.97. The number of nitrogens with zero attached hydrogens (tertiary/aromatic N) is 1. The lowest BCUT2D eigenvalue weighted by molar-refractivity contribution is -0.113. The third kappa shape index (κ3) is 3.62. The summed E-state index contributed by atoms with van der Waals surface area (Å²) < 4.78 is 5.49. The summed E-state index contributed by atoms with van der Waals surface area (Å²) in [4.78, 5) is 14.6. The molecule has 25 heavy (non-hydrogen) atoms. The zero-order chi connectivity index (χ0) is 18.1. The number of hydrogen-bond acceptors (Lipinski definition) is 5. The molecule has 0 spiro atoms. The molecule has 0 aliphatic carbocycles. The number of anilines is 1. The number of amides is 1. The van der Waals surface area contributed by atoms with Crippen molar-refractivity contribution in [3.63, 3.8) is 0 Å². The van der Waals surface area contributed by atoms with E-state index in [1.807, 2.05) is 0 Å². The van der Waals surface area contributed by atoms with Gasteiger partial charge in [0.2, 0.25) is 0 Å². The minimum atomic E-state index is -0.250. The smallest absolute Gasteiger partial charge is 0.270 e. The summed E-state index contributed by atoms with van der Waals surface area (Å²) in [6.07, 6.45) is 1.65. The number of benzene rings is 2. The Morgan fingerprint density at radius 1 is 1.28 bits per heavy atom.